The summed E-state index contributed by atoms with van der Waals surface area (Å²) in [5.74, 6) is 0. The summed E-state index contributed by atoms with van der Waals surface area (Å²) < 4.78 is 0. The summed E-state index contributed by atoms with van der Waals surface area (Å²) in [6.45, 7) is 0.188. The van der Waals surface area contributed by atoms with Crippen molar-refractivity contribution in [3.8, 4) is 0 Å². The first kappa shape index (κ1) is 16.0. The monoisotopic (exact) mass is 312 g/mol. The van der Waals surface area contributed by atoms with Crippen molar-refractivity contribution in [2.45, 2.75) is 0 Å². The zero-order valence-corrected chi connectivity index (χ0v) is 11.9. The molecular formula is C15H12N4O4. The molecule has 116 valence electrons. The first-order valence-corrected chi connectivity index (χ1v) is 6.55. The van der Waals surface area contributed by atoms with Gasteiger partial charge in [-0.15, -0.1) is 0 Å². The van der Waals surface area contributed by atoms with E-state index in [9.17, 15) is 20.2 Å². The van der Waals surface area contributed by atoms with Crippen molar-refractivity contribution in [3.63, 3.8) is 0 Å². The van der Waals surface area contributed by atoms with E-state index < -0.39 is 9.85 Å². The van der Waals surface area contributed by atoms with Gasteiger partial charge in [-0.1, -0.05) is 0 Å². The van der Waals surface area contributed by atoms with Crippen molar-refractivity contribution in [3.05, 3.63) is 79.9 Å². The molecule has 0 aliphatic heterocycles. The number of hydrogen-bond acceptors (Lipinski definition) is 6. The summed E-state index contributed by atoms with van der Waals surface area (Å²) in [5, 5.41) is 21.0. The van der Waals surface area contributed by atoms with Crippen LogP contribution >= 0.6 is 0 Å². The van der Waals surface area contributed by atoms with Crippen molar-refractivity contribution in [2.24, 2.45) is 9.98 Å². The molecule has 8 nitrogen and oxygen atoms in total. The van der Waals surface area contributed by atoms with E-state index in [0.29, 0.717) is 0 Å². The highest BCUT2D eigenvalue weighted by Crippen LogP contribution is 2.11. The quantitative estimate of drug-likeness (QED) is 0.463. The molecule has 8 heteroatoms. The van der Waals surface area contributed by atoms with Crippen LogP contribution in [0.1, 0.15) is 11.1 Å². The van der Waals surface area contributed by atoms with Gasteiger partial charge >= 0.3 is 0 Å². The van der Waals surface area contributed by atoms with Gasteiger partial charge in [-0.25, -0.2) is 0 Å². The van der Waals surface area contributed by atoms with Crippen molar-refractivity contribution in [2.75, 3.05) is 6.67 Å². The van der Waals surface area contributed by atoms with Gasteiger partial charge in [0.15, 0.2) is 0 Å². The van der Waals surface area contributed by atoms with Crippen LogP contribution in [-0.4, -0.2) is 28.9 Å². The number of nitro groups is 2. The van der Waals surface area contributed by atoms with Gasteiger partial charge in [0.1, 0.15) is 6.67 Å². The molecule has 0 N–H and O–H groups in total. The maximum Gasteiger partial charge on any atom is 0.269 e. The molecule has 0 bridgehead atoms. The topological polar surface area (TPSA) is 111 Å². The number of non-ortho nitro benzene ring substituents is 2. The second kappa shape index (κ2) is 7.55. The van der Waals surface area contributed by atoms with Crippen LogP contribution in [0.25, 0.3) is 0 Å². The van der Waals surface area contributed by atoms with Crippen LogP contribution in [0.5, 0.6) is 0 Å². The summed E-state index contributed by atoms with van der Waals surface area (Å²) in [6.07, 6.45) is 3.13. The molecule has 0 spiro atoms. The van der Waals surface area contributed by atoms with E-state index >= 15 is 0 Å². The molecule has 0 aliphatic rings. The minimum absolute atomic E-state index is 0.0262. The van der Waals surface area contributed by atoms with Crippen molar-refractivity contribution in [1.29, 1.82) is 0 Å². The Morgan fingerprint density at radius 2 is 1.09 bits per heavy atom. The van der Waals surface area contributed by atoms with Crippen LogP contribution in [0, 0.1) is 20.2 Å². The molecule has 0 atom stereocenters. The highest BCUT2D eigenvalue weighted by atomic mass is 16.6. The molecular weight excluding hydrogens is 300 g/mol. The first-order valence-electron chi connectivity index (χ1n) is 6.55. The third-order valence-corrected chi connectivity index (χ3v) is 2.85. The van der Waals surface area contributed by atoms with Gasteiger partial charge in [-0.05, 0) is 35.4 Å². The molecule has 2 rings (SSSR count). The lowest BCUT2D eigenvalue weighted by molar-refractivity contribution is -0.385. The largest absolute Gasteiger partial charge is 0.269 e. The predicted octanol–water partition coefficient (Wildman–Crippen LogP) is 3.00. The number of rotatable bonds is 6. The molecule has 2 aromatic carbocycles. The first-order chi connectivity index (χ1) is 11.1. The standard InChI is InChI=1S/C15H12N4O4/c20-18(21)14-5-1-12(2-6-14)9-16-11-17-10-13-3-7-15(8-4-13)19(22)23/h1-10H,11H2. The SMILES string of the molecule is O=[N+]([O-])c1ccc(C=NCN=Cc2ccc([N+](=O)[O-])cc2)cc1. The van der Waals surface area contributed by atoms with Gasteiger partial charge in [0.2, 0.25) is 0 Å². The molecule has 23 heavy (non-hydrogen) atoms. The molecule has 0 unspecified atom stereocenters. The Morgan fingerprint density at radius 3 is 1.39 bits per heavy atom. The average Bonchev–Trinajstić information content (AvgIpc) is 2.55. The summed E-state index contributed by atoms with van der Waals surface area (Å²) in [6, 6.07) is 12.0. The smallest absolute Gasteiger partial charge is 0.269 e. The van der Waals surface area contributed by atoms with Gasteiger partial charge in [0.25, 0.3) is 11.4 Å². The lowest BCUT2D eigenvalue weighted by Gasteiger charge is -1.94. The summed E-state index contributed by atoms with van der Waals surface area (Å²) in [4.78, 5) is 28.3. The van der Waals surface area contributed by atoms with Gasteiger partial charge in [0, 0.05) is 36.7 Å². The predicted molar refractivity (Wildman–Crippen MR) is 86.2 cm³/mol. The second-order valence-corrected chi connectivity index (χ2v) is 4.46. The molecule has 2 aromatic rings. The van der Waals surface area contributed by atoms with Crippen LogP contribution in [-0.2, 0) is 0 Å². The van der Waals surface area contributed by atoms with E-state index in [4.69, 9.17) is 0 Å². The van der Waals surface area contributed by atoms with Crippen molar-refractivity contribution in [1.82, 2.24) is 0 Å². The van der Waals surface area contributed by atoms with Gasteiger partial charge < -0.3 is 0 Å². The third kappa shape index (κ3) is 4.81. The zero-order valence-electron chi connectivity index (χ0n) is 11.9. The van der Waals surface area contributed by atoms with E-state index in [2.05, 4.69) is 9.98 Å². The van der Waals surface area contributed by atoms with E-state index in [1.165, 1.54) is 24.3 Å². The van der Waals surface area contributed by atoms with Crippen LogP contribution in [0.2, 0.25) is 0 Å². The highest BCUT2D eigenvalue weighted by Gasteiger charge is 2.03. The van der Waals surface area contributed by atoms with Crippen LogP contribution in [0.15, 0.2) is 58.5 Å². The van der Waals surface area contributed by atoms with Gasteiger partial charge in [-0.2, -0.15) is 0 Å². The average molecular weight is 312 g/mol. The third-order valence-electron chi connectivity index (χ3n) is 2.85. The van der Waals surface area contributed by atoms with Crippen molar-refractivity contribution < 1.29 is 9.85 Å². The van der Waals surface area contributed by atoms with Crippen LogP contribution < -0.4 is 0 Å². The van der Waals surface area contributed by atoms with Crippen LogP contribution in [0.3, 0.4) is 0 Å². The fourth-order valence-corrected chi connectivity index (χ4v) is 1.70. The van der Waals surface area contributed by atoms with E-state index in [1.807, 2.05) is 0 Å². The molecule has 0 saturated carbocycles. The Kier molecular flexibility index (Phi) is 5.24. The Balaban J connectivity index is 1.88. The molecule has 0 aliphatic carbocycles. The van der Waals surface area contributed by atoms with Gasteiger partial charge in [0.05, 0.1) is 9.85 Å². The molecule has 0 saturated heterocycles. The summed E-state index contributed by atoms with van der Waals surface area (Å²) in [5.41, 5.74) is 1.53. The van der Waals surface area contributed by atoms with E-state index in [1.54, 1.807) is 36.7 Å². The number of nitrogens with zero attached hydrogens (tertiary/aromatic N) is 4. The molecule has 0 amide bonds. The highest BCUT2D eigenvalue weighted by molar-refractivity contribution is 5.81. The van der Waals surface area contributed by atoms with E-state index in [0.717, 1.165) is 11.1 Å². The normalized spacial score (nSPS) is 11.1. The molecule has 0 aromatic heterocycles. The second-order valence-electron chi connectivity index (χ2n) is 4.46. The minimum atomic E-state index is -0.463. The Hall–Kier alpha value is -3.42. The summed E-state index contributed by atoms with van der Waals surface area (Å²) in [7, 11) is 0. The lowest BCUT2D eigenvalue weighted by atomic mass is 10.2. The number of hydrogen-bond donors (Lipinski definition) is 0. The van der Waals surface area contributed by atoms with E-state index in [-0.39, 0.29) is 18.0 Å². The Morgan fingerprint density at radius 1 is 0.739 bits per heavy atom. The number of aliphatic imine (C=N–C) groups is 2. The molecule has 0 fully saturated rings. The lowest BCUT2D eigenvalue weighted by Crippen LogP contribution is -1.89. The fourth-order valence-electron chi connectivity index (χ4n) is 1.70. The maximum absolute atomic E-state index is 10.5. The molecule has 0 radical (unpaired) electrons. The fraction of sp³-hybridized carbons (Fsp3) is 0.0667. The summed E-state index contributed by atoms with van der Waals surface area (Å²) >= 11 is 0. The maximum atomic E-state index is 10.5. The van der Waals surface area contributed by atoms with Crippen LogP contribution in [0.4, 0.5) is 11.4 Å². The Labute approximate surface area is 131 Å². The minimum Gasteiger partial charge on any atom is -0.269 e. The zero-order chi connectivity index (χ0) is 16.7. The van der Waals surface area contributed by atoms with Gasteiger partial charge in [-0.3, -0.25) is 30.2 Å². The van der Waals surface area contributed by atoms with Crippen molar-refractivity contribution >= 4 is 23.8 Å². The Bertz CT molecular complexity index is 687. The molecule has 0 heterocycles. The number of nitro benzene ring substituents is 2. The number of benzene rings is 2.